The van der Waals surface area contributed by atoms with Crippen LogP contribution in [0.15, 0.2) is 23.2 Å². The van der Waals surface area contributed by atoms with Gasteiger partial charge in [0.1, 0.15) is 17.2 Å². The van der Waals surface area contributed by atoms with Crippen molar-refractivity contribution in [2.75, 3.05) is 25.4 Å². The van der Waals surface area contributed by atoms with Gasteiger partial charge < -0.3 is 10.4 Å². The number of rotatable bonds is 10. The van der Waals surface area contributed by atoms with Gasteiger partial charge in [-0.15, -0.1) is 0 Å². The minimum atomic E-state index is -4.70. The number of ketones is 1. The molecule has 3 aliphatic rings. The molecular weight excluding hydrogens is 535 g/mol. The number of carbonyl (C=O) groups excluding carboxylic acids is 2. The van der Waals surface area contributed by atoms with E-state index < -0.39 is 33.1 Å². The zero-order chi connectivity index (χ0) is 28.3. The number of piperidine rings is 1. The maximum Gasteiger partial charge on any atom is 0.416 e. The molecule has 0 radical (unpaired) electrons. The van der Waals surface area contributed by atoms with Gasteiger partial charge in [0.05, 0.1) is 11.3 Å². The van der Waals surface area contributed by atoms with Crippen molar-refractivity contribution in [3.8, 4) is 0 Å². The van der Waals surface area contributed by atoms with Gasteiger partial charge in [0.2, 0.25) is 10.0 Å². The highest BCUT2D eigenvalue weighted by atomic mass is 32.2. The Balaban J connectivity index is 1.39. The fourth-order valence-electron chi connectivity index (χ4n) is 5.76. The van der Waals surface area contributed by atoms with E-state index in [0.717, 1.165) is 31.7 Å². The molecule has 1 saturated heterocycles. The van der Waals surface area contributed by atoms with Gasteiger partial charge in [0.25, 0.3) is 5.91 Å². The topological polar surface area (TPSA) is 116 Å². The molecule has 12 heteroatoms. The highest BCUT2D eigenvalue weighted by Crippen LogP contribution is 2.36. The van der Waals surface area contributed by atoms with Gasteiger partial charge in [-0.2, -0.15) is 13.2 Å². The second-order valence-electron chi connectivity index (χ2n) is 10.8. The van der Waals surface area contributed by atoms with Crippen LogP contribution < -0.4 is 5.32 Å². The van der Waals surface area contributed by atoms with E-state index in [1.54, 1.807) is 0 Å². The number of alkyl halides is 3. The molecule has 1 aliphatic carbocycles. The van der Waals surface area contributed by atoms with Crippen molar-refractivity contribution in [2.45, 2.75) is 82.3 Å². The van der Waals surface area contributed by atoms with Crippen LogP contribution in [0, 0.1) is 5.92 Å². The van der Waals surface area contributed by atoms with Crippen molar-refractivity contribution in [1.29, 1.82) is 0 Å². The summed E-state index contributed by atoms with van der Waals surface area (Å²) in [6, 6.07) is 3.56. The van der Waals surface area contributed by atoms with Gasteiger partial charge in [-0.3, -0.25) is 14.6 Å². The van der Waals surface area contributed by atoms with Gasteiger partial charge in [0, 0.05) is 38.5 Å². The molecule has 1 spiro atoms. The lowest BCUT2D eigenvalue weighted by atomic mass is 9.88. The van der Waals surface area contributed by atoms with Crippen LogP contribution in [0.3, 0.4) is 0 Å². The van der Waals surface area contributed by atoms with Crippen LogP contribution in [0.2, 0.25) is 0 Å². The Kier molecular flexibility index (Phi) is 9.17. The van der Waals surface area contributed by atoms with E-state index in [1.807, 2.05) is 0 Å². The number of nitrogens with one attached hydrogen (secondary N) is 1. The first kappa shape index (κ1) is 29.7. The quantitative estimate of drug-likeness (QED) is 0.447. The molecular formula is C27H36F3N3O5S. The van der Waals surface area contributed by atoms with E-state index in [1.165, 1.54) is 22.9 Å². The molecule has 216 valence electrons. The summed E-state index contributed by atoms with van der Waals surface area (Å²) in [5.74, 6) is -0.0157. The molecule has 1 aromatic rings. The van der Waals surface area contributed by atoms with E-state index in [9.17, 15) is 31.2 Å². The Labute approximate surface area is 227 Å². The Morgan fingerprint density at radius 2 is 1.85 bits per heavy atom. The molecule has 39 heavy (non-hydrogen) atoms. The minimum absolute atomic E-state index is 0.0732. The van der Waals surface area contributed by atoms with Gasteiger partial charge in [0.15, 0.2) is 0 Å². The van der Waals surface area contributed by atoms with E-state index >= 15 is 0 Å². The van der Waals surface area contributed by atoms with Crippen molar-refractivity contribution in [2.24, 2.45) is 10.9 Å². The largest absolute Gasteiger partial charge is 0.416 e. The summed E-state index contributed by atoms with van der Waals surface area (Å²) in [5, 5.41) is 11.8. The smallest absolute Gasteiger partial charge is 0.396 e. The standard InChI is InChI=1S/C27H36F3N3O5S/c28-27(29,30)23-18-19(17-22(35)7-4-15-34)8-9-20(23)10-16-39(37,38)33-13-11-26(12-14-33)25(36)31-24(32-26)21-5-2-1-3-6-21/h8-9,18,21,34H,1-7,10-17H2,(H,31,32,36). The third kappa shape index (κ3) is 7.07. The number of benzene rings is 1. The number of sulfonamides is 1. The maximum absolute atomic E-state index is 13.8. The highest BCUT2D eigenvalue weighted by molar-refractivity contribution is 7.89. The molecule has 2 fully saturated rings. The second-order valence-corrected chi connectivity index (χ2v) is 12.9. The van der Waals surface area contributed by atoms with E-state index in [4.69, 9.17) is 10.1 Å². The van der Waals surface area contributed by atoms with Crippen LogP contribution in [0.1, 0.15) is 74.5 Å². The monoisotopic (exact) mass is 571 g/mol. The predicted molar refractivity (Wildman–Crippen MR) is 140 cm³/mol. The van der Waals surface area contributed by atoms with Crippen molar-refractivity contribution in [3.63, 3.8) is 0 Å². The van der Waals surface area contributed by atoms with Gasteiger partial charge in [-0.1, -0.05) is 31.4 Å². The predicted octanol–water partition coefficient (Wildman–Crippen LogP) is 3.41. The van der Waals surface area contributed by atoms with Crippen molar-refractivity contribution < 1.29 is 36.3 Å². The molecule has 0 unspecified atom stereocenters. The Hall–Kier alpha value is -2.31. The fourth-order valence-corrected chi connectivity index (χ4v) is 7.24. The van der Waals surface area contributed by atoms with Crippen LogP contribution >= 0.6 is 0 Å². The molecule has 2 aliphatic heterocycles. The molecule has 1 amide bonds. The SMILES string of the molecule is O=C(CCCO)Cc1ccc(CCS(=O)(=O)N2CCC3(CC2)N=C(C2CCCCC2)NC3=O)c(C(F)(F)F)c1. The molecule has 8 nitrogen and oxygen atoms in total. The number of Topliss-reactive ketones (excluding diaryl/α,β-unsaturated/α-hetero) is 1. The van der Waals surface area contributed by atoms with E-state index in [0.29, 0.717) is 5.84 Å². The molecule has 2 heterocycles. The lowest BCUT2D eigenvalue weighted by Gasteiger charge is -2.34. The number of aliphatic imine (C=N–C) groups is 1. The summed E-state index contributed by atoms with van der Waals surface area (Å²) in [5.41, 5.74) is -1.87. The Morgan fingerprint density at radius 3 is 2.49 bits per heavy atom. The molecule has 1 saturated carbocycles. The average molecular weight is 572 g/mol. The van der Waals surface area contributed by atoms with Crippen molar-refractivity contribution in [1.82, 2.24) is 9.62 Å². The third-order valence-corrected chi connectivity index (χ3v) is 9.93. The van der Waals surface area contributed by atoms with Gasteiger partial charge in [-0.25, -0.2) is 12.7 Å². The Bertz CT molecular complexity index is 1200. The number of amidine groups is 1. The summed E-state index contributed by atoms with van der Waals surface area (Å²) < 4.78 is 68.8. The van der Waals surface area contributed by atoms with Crippen LogP contribution in [0.4, 0.5) is 13.2 Å². The summed E-state index contributed by atoms with van der Waals surface area (Å²) in [4.78, 5) is 29.5. The fraction of sp³-hybridized carbons (Fsp3) is 0.667. The summed E-state index contributed by atoms with van der Waals surface area (Å²) in [6.07, 6.45) is 0.911. The number of halogens is 3. The minimum Gasteiger partial charge on any atom is -0.396 e. The molecule has 4 rings (SSSR count). The Morgan fingerprint density at radius 1 is 1.15 bits per heavy atom. The lowest BCUT2D eigenvalue weighted by Crippen LogP contribution is -2.51. The van der Waals surface area contributed by atoms with Crippen LogP contribution in [-0.4, -0.2) is 66.3 Å². The number of carbonyl (C=O) groups is 2. The maximum atomic E-state index is 13.8. The first-order chi connectivity index (χ1) is 18.4. The first-order valence-corrected chi connectivity index (χ1v) is 15.2. The number of aliphatic hydroxyl groups is 1. The molecule has 0 aromatic heterocycles. The molecule has 0 bridgehead atoms. The zero-order valence-corrected chi connectivity index (χ0v) is 22.7. The van der Waals surface area contributed by atoms with E-state index in [2.05, 4.69) is 5.32 Å². The molecule has 1 aromatic carbocycles. The van der Waals surface area contributed by atoms with Gasteiger partial charge in [-0.05, 0) is 55.7 Å². The van der Waals surface area contributed by atoms with Crippen LogP contribution in [-0.2, 0) is 38.6 Å². The highest BCUT2D eigenvalue weighted by Gasteiger charge is 2.48. The number of hydrogen-bond donors (Lipinski definition) is 2. The summed E-state index contributed by atoms with van der Waals surface area (Å²) in [7, 11) is -3.87. The third-order valence-electron chi connectivity index (χ3n) is 8.06. The number of aliphatic hydroxyl groups excluding tert-OH is 1. The second kappa shape index (κ2) is 12.1. The lowest BCUT2D eigenvalue weighted by molar-refractivity contribution is -0.138. The summed E-state index contributed by atoms with van der Waals surface area (Å²) >= 11 is 0. The van der Waals surface area contributed by atoms with Crippen molar-refractivity contribution in [3.05, 3.63) is 34.9 Å². The van der Waals surface area contributed by atoms with E-state index in [-0.39, 0.29) is 87.0 Å². The number of hydrogen-bond acceptors (Lipinski definition) is 6. The normalized spacial score (nSPS) is 20.7. The van der Waals surface area contributed by atoms with Crippen LogP contribution in [0.5, 0.6) is 0 Å². The number of nitrogens with zero attached hydrogens (tertiary/aromatic N) is 2. The number of amides is 1. The first-order valence-electron chi connectivity index (χ1n) is 13.6. The summed E-state index contributed by atoms with van der Waals surface area (Å²) in [6.45, 7) is -0.0106. The van der Waals surface area contributed by atoms with Crippen LogP contribution in [0.25, 0.3) is 0 Å². The number of aryl methyl sites for hydroxylation is 1. The zero-order valence-electron chi connectivity index (χ0n) is 21.9. The molecule has 2 N–H and O–H groups in total. The van der Waals surface area contributed by atoms with Gasteiger partial charge >= 0.3 is 6.18 Å². The molecule has 0 atom stereocenters. The average Bonchev–Trinajstić information content (AvgIpc) is 3.22. The van der Waals surface area contributed by atoms with Crippen molar-refractivity contribution >= 4 is 27.5 Å².